The van der Waals surface area contributed by atoms with Crippen LogP contribution in [0.1, 0.15) is 36.8 Å². The van der Waals surface area contributed by atoms with Crippen LogP contribution in [-0.2, 0) is 44.5 Å². The lowest BCUT2D eigenvalue weighted by atomic mass is 9.91. The number of methoxy groups -OCH3 is 1. The first-order chi connectivity index (χ1) is 20.1. The van der Waals surface area contributed by atoms with E-state index < -0.39 is 78.6 Å². The van der Waals surface area contributed by atoms with Crippen molar-refractivity contribution in [1.82, 2.24) is 10.3 Å². The van der Waals surface area contributed by atoms with Crippen molar-refractivity contribution in [2.24, 2.45) is 11.8 Å². The third-order valence-electron chi connectivity index (χ3n) is 6.15. The van der Waals surface area contributed by atoms with Gasteiger partial charge in [0, 0.05) is 26.0 Å². The number of nitrogens with one attached hydrogen (secondary N) is 1. The first-order valence-electron chi connectivity index (χ1n) is 13.4. The molecular weight excluding hydrogens is 552 g/mol. The van der Waals surface area contributed by atoms with Crippen LogP contribution in [0.4, 0.5) is 0 Å². The molecule has 2 N–H and O–H groups in total. The summed E-state index contributed by atoms with van der Waals surface area (Å²) < 4.78 is 32.0. The van der Waals surface area contributed by atoms with E-state index in [1.165, 1.54) is 7.11 Å². The Hall–Kier alpha value is -4.23. The molecule has 0 spiro atoms. The minimum atomic E-state index is -1.42. The zero-order chi connectivity index (χ0) is 30.6. The number of benzene rings is 1. The average molecular weight is 589 g/mol. The number of hydrogen-bond donors (Lipinski definition) is 2. The van der Waals surface area contributed by atoms with Gasteiger partial charge in [-0.2, -0.15) is 0 Å². The predicted molar refractivity (Wildman–Crippen MR) is 145 cm³/mol. The maximum atomic E-state index is 13.4. The van der Waals surface area contributed by atoms with Crippen molar-refractivity contribution in [2.75, 3.05) is 33.7 Å². The summed E-state index contributed by atoms with van der Waals surface area (Å²) in [5.74, 6) is -4.67. The zero-order valence-corrected chi connectivity index (χ0v) is 23.9. The topological polar surface area (TPSA) is 169 Å². The number of aromatic hydroxyl groups is 1. The molecule has 1 aromatic carbocycles. The number of carbonyl (C=O) groups excluding carboxylic acids is 4. The van der Waals surface area contributed by atoms with E-state index in [1.807, 2.05) is 44.2 Å². The highest BCUT2D eigenvalue weighted by atomic mass is 16.7. The molecule has 3 rings (SSSR count). The van der Waals surface area contributed by atoms with Gasteiger partial charge in [-0.3, -0.25) is 9.59 Å². The number of pyridine rings is 1. The van der Waals surface area contributed by atoms with Crippen molar-refractivity contribution in [3.8, 4) is 11.5 Å². The molecule has 0 aliphatic carbocycles. The average Bonchev–Trinajstić information content (AvgIpc) is 2.98. The van der Waals surface area contributed by atoms with Crippen molar-refractivity contribution in [3.63, 3.8) is 0 Å². The summed E-state index contributed by atoms with van der Waals surface area (Å²) in [5, 5.41) is 12.7. The Bertz CT molecular complexity index is 1220. The number of esters is 3. The summed E-state index contributed by atoms with van der Waals surface area (Å²) in [6.07, 6.45) is -0.256. The fourth-order valence-corrected chi connectivity index (χ4v) is 4.14. The van der Waals surface area contributed by atoms with Crippen LogP contribution >= 0.6 is 0 Å². The molecule has 1 aliphatic rings. The molecule has 1 saturated heterocycles. The van der Waals surface area contributed by atoms with Gasteiger partial charge in [-0.25, -0.2) is 14.6 Å². The summed E-state index contributed by atoms with van der Waals surface area (Å²) in [7, 11) is 1.31. The smallest absolute Gasteiger partial charge is 0.334 e. The number of aromatic nitrogens is 1. The second-order valence-electron chi connectivity index (χ2n) is 10.0. The van der Waals surface area contributed by atoms with Gasteiger partial charge in [0.1, 0.15) is 25.4 Å². The molecule has 2 heterocycles. The van der Waals surface area contributed by atoms with Gasteiger partial charge in [-0.1, -0.05) is 44.2 Å². The maximum absolute atomic E-state index is 13.4. The Labute approximate surface area is 243 Å². The lowest BCUT2D eigenvalue weighted by Crippen LogP contribution is -2.46. The van der Waals surface area contributed by atoms with E-state index in [2.05, 4.69) is 15.0 Å². The summed E-state index contributed by atoms with van der Waals surface area (Å²) in [5.41, 5.74) is 0.459. The number of hydrogen-bond acceptors (Lipinski definition) is 12. The number of carbonyl (C=O) groups is 4. The number of rotatable bonds is 12. The molecule has 1 amide bonds. The Morgan fingerprint density at radius 2 is 1.88 bits per heavy atom. The fraction of sp³-hybridized carbons (Fsp3) is 0.483. The first kappa shape index (κ1) is 32.3. The Balaban J connectivity index is 1.79. The zero-order valence-electron chi connectivity index (χ0n) is 23.9. The highest BCUT2D eigenvalue weighted by Gasteiger charge is 2.40. The number of amides is 1. The van der Waals surface area contributed by atoms with Crippen LogP contribution in [0.25, 0.3) is 0 Å². The molecule has 13 heteroatoms. The molecule has 1 aromatic heterocycles. The molecule has 0 radical (unpaired) electrons. The van der Waals surface area contributed by atoms with Crippen LogP contribution in [-0.4, -0.2) is 85.9 Å². The number of cyclic esters (lactones) is 2. The highest BCUT2D eigenvalue weighted by molar-refractivity contribution is 5.98. The molecule has 2 aromatic rings. The van der Waals surface area contributed by atoms with Crippen LogP contribution in [0.3, 0.4) is 0 Å². The van der Waals surface area contributed by atoms with Gasteiger partial charge < -0.3 is 38.8 Å². The van der Waals surface area contributed by atoms with Crippen molar-refractivity contribution in [1.29, 1.82) is 0 Å². The predicted octanol–water partition coefficient (Wildman–Crippen LogP) is 1.80. The Morgan fingerprint density at radius 3 is 2.57 bits per heavy atom. The summed E-state index contributed by atoms with van der Waals surface area (Å²) >= 11 is 0. The van der Waals surface area contributed by atoms with Gasteiger partial charge in [-0.15, -0.1) is 0 Å². The number of ether oxygens (including phenoxy) is 6. The standard InChI is InChI=1S/C29H36N2O11/c1-17(2)13-38-25-18(3)42-29(36)21(14-39-28(35)20(25)12-19-8-6-5-7-9-19)31-27(34)24-26(22(32)10-11-30-24)41-16-40-23(33)15-37-4/h5-11,17-18,20-21,25H,12-16H2,1-4H3,(H,30,32)(H,31,34)/t18-,20+,21?,25?/m0/s1. The summed E-state index contributed by atoms with van der Waals surface area (Å²) in [6.45, 7) is 4.35. The van der Waals surface area contributed by atoms with Crippen LogP contribution < -0.4 is 10.1 Å². The van der Waals surface area contributed by atoms with E-state index in [-0.39, 0.29) is 18.9 Å². The molecule has 228 valence electrons. The highest BCUT2D eigenvalue weighted by Crippen LogP contribution is 2.29. The van der Waals surface area contributed by atoms with E-state index in [9.17, 15) is 24.3 Å². The fourth-order valence-electron chi connectivity index (χ4n) is 4.14. The second-order valence-corrected chi connectivity index (χ2v) is 10.0. The van der Waals surface area contributed by atoms with Crippen LogP contribution in [0, 0.1) is 11.8 Å². The van der Waals surface area contributed by atoms with E-state index in [1.54, 1.807) is 6.92 Å². The first-order valence-corrected chi connectivity index (χ1v) is 13.4. The van der Waals surface area contributed by atoms with Gasteiger partial charge >= 0.3 is 17.9 Å². The van der Waals surface area contributed by atoms with Gasteiger partial charge in [0.25, 0.3) is 5.91 Å². The molecule has 0 bridgehead atoms. The lowest BCUT2D eigenvalue weighted by molar-refractivity contribution is -0.165. The monoisotopic (exact) mass is 588 g/mol. The van der Waals surface area contributed by atoms with E-state index >= 15 is 0 Å². The van der Waals surface area contributed by atoms with Crippen molar-refractivity contribution < 1.29 is 52.7 Å². The van der Waals surface area contributed by atoms with Crippen molar-refractivity contribution >= 4 is 23.8 Å². The van der Waals surface area contributed by atoms with Crippen molar-refractivity contribution in [3.05, 3.63) is 53.9 Å². The Kier molecular flexibility index (Phi) is 12.1. The van der Waals surface area contributed by atoms with E-state index in [0.717, 1.165) is 17.8 Å². The minimum Gasteiger partial charge on any atom is -0.504 e. The molecule has 13 nitrogen and oxygen atoms in total. The summed E-state index contributed by atoms with van der Waals surface area (Å²) in [4.78, 5) is 55.1. The van der Waals surface area contributed by atoms with Gasteiger partial charge in [-0.05, 0) is 24.8 Å². The third-order valence-corrected chi connectivity index (χ3v) is 6.15. The van der Waals surface area contributed by atoms with Crippen LogP contribution in [0.15, 0.2) is 42.6 Å². The van der Waals surface area contributed by atoms with E-state index in [4.69, 9.17) is 23.7 Å². The molecular formula is C29H36N2O11. The largest absolute Gasteiger partial charge is 0.504 e. The molecule has 0 saturated carbocycles. The molecule has 1 aliphatic heterocycles. The molecule has 1 fully saturated rings. The Morgan fingerprint density at radius 1 is 1.14 bits per heavy atom. The quantitative estimate of drug-likeness (QED) is 0.210. The maximum Gasteiger partial charge on any atom is 0.334 e. The number of nitrogens with zero attached hydrogens (tertiary/aromatic N) is 1. The van der Waals surface area contributed by atoms with Crippen LogP contribution in [0.2, 0.25) is 0 Å². The van der Waals surface area contributed by atoms with Gasteiger partial charge in [0.15, 0.2) is 23.2 Å². The second kappa shape index (κ2) is 15.7. The molecule has 2 unspecified atom stereocenters. The minimum absolute atomic E-state index is 0.149. The van der Waals surface area contributed by atoms with E-state index in [0.29, 0.717) is 6.61 Å². The van der Waals surface area contributed by atoms with Gasteiger partial charge in [0.2, 0.25) is 6.79 Å². The lowest BCUT2D eigenvalue weighted by Gasteiger charge is -2.30. The third kappa shape index (κ3) is 9.14. The molecule has 42 heavy (non-hydrogen) atoms. The molecule has 4 atom stereocenters. The van der Waals surface area contributed by atoms with Gasteiger partial charge in [0.05, 0.1) is 5.92 Å². The SMILES string of the molecule is COCC(=O)OCOc1c(O)ccnc1C(=O)NC1COC(=O)[C@H](Cc2ccccc2)C(OCC(C)C)[C@H](C)OC1=O. The normalized spacial score (nSPS) is 20.9. The summed E-state index contributed by atoms with van der Waals surface area (Å²) in [6, 6.07) is 9.06. The van der Waals surface area contributed by atoms with Crippen molar-refractivity contribution in [2.45, 2.75) is 45.4 Å². The van der Waals surface area contributed by atoms with Crippen LogP contribution in [0.5, 0.6) is 11.5 Å².